The molecule has 0 aromatic heterocycles. The lowest BCUT2D eigenvalue weighted by Crippen LogP contribution is -2.23. The SMILES string of the molecule is C=CC1=C(C=C(C)C)C(=O)C(Cc2ccc(C(F)(F)F)cc2)=C(C)C1=O. The predicted octanol–water partition coefficient (Wildman–Crippen LogP) is 5.17. The van der Waals surface area contributed by atoms with E-state index in [2.05, 4.69) is 6.58 Å². The molecule has 1 aliphatic carbocycles. The highest BCUT2D eigenvalue weighted by Gasteiger charge is 2.31. The number of hydrogen-bond acceptors (Lipinski definition) is 2. The third-order valence-electron chi connectivity index (χ3n) is 4.15. The fourth-order valence-corrected chi connectivity index (χ4v) is 2.78. The summed E-state index contributed by atoms with van der Waals surface area (Å²) in [5.41, 5.74) is 1.77. The van der Waals surface area contributed by atoms with E-state index in [1.54, 1.807) is 13.0 Å². The van der Waals surface area contributed by atoms with E-state index in [9.17, 15) is 22.8 Å². The number of halogens is 3. The van der Waals surface area contributed by atoms with Crippen molar-refractivity contribution < 1.29 is 22.8 Å². The van der Waals surface area contributed by atoms with Gasteiger partial charge in [-0.3, -0.25) is 9.59 Å². The van der Waals surface area contributed by atoms with E-state index in [0.29, 0.717) is 16.7 Å². The molecule has 0 bridgehead atoms. The van der Waals surface area contributed by atoms with Crippen molar-refractivity contribution in [2.75, 3.05) is 0 Å². The van der Waals surface area contributed by atoms with Crippen molar-refractivity contribution in [1.29, 1.82) is 0 Å². The van der Waals surface area contributed by atoms with Gasteiger partial charge in [0.2, 0.25) is 0 Å². The number of carbonyl (C=O) groups excluding carboxylic acids is 2. The van der Waals surface area contributed by atoms with Crippen molar-refractivity contribution in [3.05, 3.63) is 82.0 Å². The van der Waals surface area contributed by atoms with Gasteiger partial charge in [-0.1, -0.05) is 36.4 Å². The zero-order valence-electron chi connectivity index (χ0n) is 14.8. The minimum absolute atomic E-state index is 0.0963. The lowest BCUT2D eigenvalue weighted by Gasteiger charge is -2.20. The maximum Gasteiger partial charge on any atom is 0.416 e. The van der Waals surface area contributed by atoms with Gasteiger partial charge in [0.05, 0.1) is 5.56 Å². The van der Waals surface area contributed by atoms with E-state index in [1.807, 2.05) is 13.8 Å². The molecule has 0 saturated heterocycles. The summed E-state index contributed by atoms with van der Waals surface area (Å²) in [6.07, 6.45) is -1.31. The molecule has 5 heteroatoms. The summed E-state index contributed by atoms with van der Waals surface area (Å²) < 4.78 is 38.0. The fourth-order valence-electron chi connectivity index (χ4n) is 2.78. The van der Waals surface area contributed by atoms with Gasteiger partial charge in [0.15, 0.2) is 11.6 Å². The molecule has 136 valence electrons. The van der Waals surface area contributed by atoms with Crippen molar-refractivity contribution in [2.24, 2.45) is 0 Å². The second kappa shape index (κ2) is 7.28. The number of benzene rings is 1. The van der Waals surface area contributed by atoms with Gasteiger partial charge in [-0.2, -0.15) is 13.2 Å². The van der Waals surface area contributed by atoms with Crippen LogP contribution in [0.5, 0.6) is 0 Å². The highest BCUT2D eigenvalue weighted by atomic mass is 19.4. The zero-order chi connectivity index (χ0) is 19.6. The van der Waals surface area contributed by atoms with Gasteiger partial charge in [0.25, 0.3) is 0 Å². The van der Waals surface area contributed by atoms with Crippen LogP contribution in [0.1, 0.15) is 31.9 Å². The number of ketones is 2. The lowest BCUT2D eigenvalue weighted by atomic mass is 9.81. The Hall–Kier alpha value is -2.69. The molecule has 2 rings (SSSR count). The molecular weight excluding hydrogens is 341 g/mol. The lowest BCUT2D eigenvalue weighted by molar-refractivity contribution is -0.137. The number of Topliss-reactive ketones (excluding diaryl/α,β-unsaturated/α-hetero) is 2. The van der Waals surface area contributed by atoms with Crippen molar-refractivity contribution >= 4 is 11.6 Å². The van der Waals surface area contributed by atoms with Crippen LogP contribution < -0.4 is 0 Å². The first-order chi connectivity index (χ1) is 12.1. The molecule has 0 fully saturated rings. The molecule has 0 aliphatic heterocycles. The Morgan fingerprint density at radius 3 is 2.08 bits per heavy atom. The van der Waals surface area contributed by atoms with Gasteiger partial charge < -0.3 is 0 Å². The third kappa shape index (κ3) is 3.93. The topological polar surface area (TPSA) is 34.1 Å². The summed E-state index contributed by atoms with van der Waals surface area (Å²) in [6, 6.07) is 4.60. The number of alkyl halides is 3. The Kier molecular flexibility index (Phi) is 5.50. The molecule has 0 N–H and O–H groups in total. The predicted molar refractivity (Wildman–Crippen MR) is 94.5 cm³/mol. The Morgan fingerprint density at radius 2 is 1.62 bits per heavy atom. The molecule has 0 spiro atoms. The average Bonchev–Trinajstić information content (AvgIpc) is 2.56. The number of rotatable bonds is 4. The normalized spacial score (nSPS) is 15.5. The highest BCUT2D eigenvalue weighted by molar-refractivity contribution is 6.27. The smallest absolute Gasteiger partial charge is 0.289 e. The van der Waals surface area contributed by atoms with Gasteiger partial charge in [0, 0.05) is 28.7 Å². The van der Waals surface area contributed by atoms with E-state index in [1.165, 1.54) is 18.2 Å². The van der Waals surface area contributed by atoms with E-state index < -0.39 is 11.7 Å². The van der Waals surface area contributed by atoms with Crippen LogP contribution in [-0.4, -0.2) is 11.6 Å². The van der Waals surface area contributed by atoms with E-state index >= 15 is 0 Å². The highest BCUT2D eigenvalue weighted by Crippen LogP contribution is 2.31. The maximum absolute atomic E-state index is 12.9. The molecule has 0 saturated carbocycles. The molecule has 0 atom stereocenters. The largest absolute Gasteiger partial charge is 0.416 e. The average molecular weight is 360 g/mol. The molecular formula is C21H19F3O2. The van der Waals surface area contributed by atoms with Gasteiger partial charge in [0.1, 0.15) is 0 Å². The summed E-state index contributed by atoms with van der Waals surface area (Å²) in [5.74, 6) is -0.577. The summed E-state index contributed by atoms with van der Waals surface area (Å²) in [6.45, 7) is 8.79. The monoisotopic (exact) mass is 360 g/mol. The number of carbonyl (C=O) groups is 2. The molecule has 0 unspecified atom stereocenters. The van der Waals surface area contributed by atoms with Gasteiger partial charge in [-0.05, 0) is 38.5 Å². The van der Waals surface area contributed by atoms with E-state index in [4.69, 9.17) is 0 Å². The van der Waals surface area contributed by atoms with E-state index in [0.717, 1.165) is 17.7 Å². The van der Waals surface area contributed by atoms with Gasteiger partial charge in [-0.15, -0.1) is 0 Å². The summed E-state index contributed by atoms with van der Waals surface area (Å²) in [7, 11) is 0. The molecule has 2 nitrogen and oxygen atoms in total. The van der Waals surface area contributed by atoms with Gasteiger partial charge >= 0.3 is 6.18 Å². The van der Waals surface area contributed by atoms with Crippen LogP contribution in [0, 0.1) is 0 Å². The second-order valence-corrected chi connectivity index (χ2v) is 6.39. The van der Waals surface area contributed by atoms with Crippen molar-refractivity contribution in [2.45, 2.75) is 33.4 Å². The molecule has 0 radical (unpaired) electrons. The number of hydrogen-bond donors (Lipinski definition) is 0. The molecule has 0 amide bonds. The standard InChI is InChI=1S/C21H19F3O2/c1-5-16-18(10-12(2)3)20(26)17(13(4)19(16)25)11-14-6-8-15(9-7-14)21(22,23)24/h5-10H,1,11H2,2-4H3. The van der Waals surface area contributed by atoms with Gasteiger partial charge in [-0.25, -0.2) is 0 Å². The Labute approximate surface area is 150 Å². The minimum Gasteiger partial charge on any atom is -0.289 e. The minimum atomic E-state index is -4.41. The molecule has 1 aromatic carbocycles. The molecule has 26 heavy (non-hydrogen) atoms. The quantitative estimate of drug-likeness (QED) is 0.695. The van der Waals surface area contributed by atoms with Crippen molar-refractivity contribution in [3.63, 3.8) is 0 Å². The molecule has 1 aliphatic rings. The van der Waals surface area contributed by atoms with Crippen molar-refractivity contribution in [1.82, 2.24) is 0 Å². The first-order valence-electron chi connectivity index (χ1n) is 8.03. The molecule has 0 heterocycles. The van der Waals surface area contributed by atoms with Crippen molar-refractivity contribution in [3.8, 4) is 0 Å². The Morgan fingerprint density at radius 1 is 1.04 bits per heavy atom. The van der Waals surface area contributed by atoms with E-state index in [-0.39, 0.29) is 29.1 Å². The zero-order valence-corrected chi connectivity index (χ0v) is 14.8. The van der Waals surface area contributed by atoms with Crippen LogP contribution >= 0.6 is 0 Å². The maximum atomic E-state index is 12.9. The van der Waals surface area contributed by atoms with Crippen LogP contribution in [0.4, 0.5) is 13.2 Å². The van der Waals surface area contributed by atoms with Crippen LogP contribution in [0.3, 0.4) is 0 Å². The third-order valence-corrected chi connectivity index (χ3v) is 4.15. The Bertz CT molecular complexity index is 860. The van der Waals surface area contributed by atoms with Crippen LogP contribution in [0.25, 0.3) is 0 Å². The molecule has 1 aromatic rings. The van der Waals surface area contributed by atoms with Crippen LogP contribution in [0.15, 0.2) is 70.9 Å². The fraction of sp³-hybridized carbons (Fsp3) is 0.238. The first kappa shape index (κ1) is 19.6. The summed E-state index contributed by atoms with van der Waals surface area (Å²) in [5, 5.41) is 0. The van der Waals surface area contributed by atoms with Crippen LogP contribution in [0.2, 0.25) is 0 Å². The second-order valence-electron chi connectivity index (χ2n) is 6.39. The Balaban J connectivity index is 2.42. The van der Waals surface area contributed by atoms with Crippen LogP contribution in [-0.2, 0) is 22.2 Å². The first-order valence-corrected chi connectivity index (χ1v) is 8.03. The summed E-state index contributed by atoms with van der Waals surface area (Å²) in [4.78, 5) is 25.4. The summed E-state index contributed by atoms with van der Waals surface area (Å²) >= 11 is 0. The number of allylic oxidation sites excluding steroid dienone is 7.